The number of ketones is 1. The first-order valence-corrected chi connectivity index (χ1v) is 4.51. The van der Waals surface area contributed by atoms with Crippen LogP contribution < -0.4 is 0 Å². The van der Waals surface area contributed by atoms with Crippen molar-refractivity contribution in [2.45, 2.75) is 6.92 Å². The van der Waals surface area contributed by atoms with Gasteiger partial charge >= 0.3 is 0 Å². The van der Waals surface area contributed by atoms with E-state index >= 15 is 0 Å². The fourth-order valence-electron chi connectivity index (χ4n) is 0.754. The third kappa shape index (κ3) is 1.75. The molecular formula is C7H5BrO2S. The number of hydrogen-bond donors (Lipinski definition) is 0. The Morgan fingerprint density at radius 2 is 2.36 bits per heavy atom. The maximum Gasteiger partial charge on any atom is 0.226 e. The predicted octanol–water partition coefficient (Wildman–Crippen LogP) is 2.20. The first kappa shape index (κ1) is 8.62. The quantitative estimate of drug-likeness (QED) is 0.445. The third-order valence-electron chi connectivity index (χ3n) is 1.26. The molecule has 0 fully saturated rings. The van der Waals surface area contributed by atoms with Crippen LogP contribution in [0.1, 0.15) is 15.2 Å². The molecule has 0 unspecified atom stereocenters. The third-order valence-corrected chi connectivity index (χ3v) is 2.81. The zero-order valence-corrected chi connectivity index (χ0v) is 8.16. The highest BCUT2D eigenvalue weighted by atomic mass is 79.9. The van der Waals surface area contributed by atoms with Crippen LogP contribution in [0.2, 0.25) is 0 Å². The van der Waals surface area contributed by atoms with Crippen molar-refractivity contribution < 1.29 is 9.59 Å². The Morgan fingerprint density at radius 3 is 2.73 bits per heavy atom. The van der Waals surface area contributed by atoms with Crippen LogP contribution in [0.4, 0.5) is 0 Å². The molecule has 1 rings (SSSR count). The van der Waals surface area contributed by atoms with Crippen molar-refractivity contribution in [2.75, 3.05) is 0 Å². The van der Waals surface area contributed by atoms with Crippen LogP contribution in [-0.2, 0) is 4.79 Å². The van der Waals surface area contributed by atoms with Gasteiger partial charge in [0.1, 0.15) is 0 Å². The average molecular weight is 233 g/mol. The molecule has 0 saturated heterocycles. The zero-order valence-electron chi connectivity index (χ0n) is 5.76. The molecular weight excluding hydrogens is 228 g/mol. The average Bonchev–Trinajstić information content (AvgIpc) is 2.28. The molecule has 0 saturated carbocycles. The van der Waals surface area contributed by atoms with Gasteiger partial charge in [-0.15, -0.1) is 11.3 Å². The summed E-state index contributed by atoms with van der Waals surface area (Å²) in [6, 6.07) is 1.66. The molecule has 0 aliphatic heterocycles. The Balaban J connectivity index is 3.12. The monoisotopic (exact) mass is 232 g/mol. The molecule has 1 aromatic heterocycles. The van der Waals surface area contributed by atoms with Crippen LogP contribution in [0.25, 0.3) is 0 Å². The first-order valence-electron chi connectivity index (χ1n) is 2.90. The summed E-state index contributed by atoms with van der Waals surface area (Å²) in [7, 11) is 0. The number of Topliss-reactive ketones (excluding diaryl/α,β-unsaturated/α-hetero) is 1. The van der Waals surface area contributed by atoms with Gasteiger partial charge in [0, 0.05) is 10.4 Å². The molecule has 0 aromatic carbocycles. The number of aryl methyl sites for hydroxylation is 1. The molecule has 0 radical (unpaired) electrons. The minimum absolute atomic E-state index is 0.335. The van der Waals surface area contributed by atoms with Crippen molar-refractivity contribution in [3.8, 4) is 0 Å². The number of halogens is 1. The van der Waals surface area contributed by atoms with Gasteiger partial charge in [-0.25, -0.2) is 0 Å². The highest BCUT2D eigenvalue weighted by Gasteiger charge is 2.10. The molecule has 4 heteroatoms. The van der Waals surface area contributed by atoms with E-state index in [0.717, 1.165) is 8.66 Å². The van der Waals surface area contributed by atoms with Gasteiger partial charge in [0.25, 0.3) is 0 Å². The number of hydrogen-bond acceptors (Lipinski definition) is 3. The second-order valence-electron chi connectivity index (χ2n) is 2.00. The van der Waals surface area contributed by atoms with Crippen LogP contribution in [0.3, 0.4) is 0 Å². The van der Waals surface area contributed by atoms with Crippen molar-refractivity contribution in [1.82, 2.24) is 0 Å². The van der Waals surface area contributed by atoms with E-state index in [4.69, 9.17) is 0 Å². The van der Waals surface area contributed by atoms with E-state index in [1.807, 2.05) is 6.92 Å². The largest absolute Gasteiger partial charge is 0.294 e. The smallest absolute Gasteiger partial charge is 0.226 e. The molecule has 1 heterocycles. The normalized spacial score (nSPS) is 9.64. The first-order chi connectivity index (χ1) is 5.15. The number of aldehydes is 1. The molecule has 11 heavy (non-hydrogen) atoms. The second-order valence-corrected chi connectivity index (χ2v) is 4.64. The maximum atomic E-state index is 10.9. The van der Waals surface area contributed by atoms with Gasteiger partial charge in [-0.2, -0.15) is 0 Å². The summed E-state index contributed by atoms with van der Waals surface area (Å²) in [4.78, 5) is 21.8. The van der Waals surface area contributed by atoms with Gasteiger partial charge in [0.15, 0.2) is 6.29 Å². The fourth-order valence-corrected chi connectivity index (χ4v) is 2.45. The van der Waals surface area contributed by atoms with E-state index < -0.39 is 5.78 Å². The van der Waals surface area contributed by atoms with Crippen LogP contribution in [-0.4, -0.2) is 12.1 Å². The second kappa shape index (κ2) is 3.28. The summed E-state index contributed by atoms with van der Waals surface area (Å²) >= 11 is 4.68. The maximum absolute atomic E-state index is 10.9. The number of carbonyl (C=O) groups is 2. The molecule has 0 aliphatic carbocycles. The summed E-state index contributed by atoms with van der Waals surface area (Å²) in [5.74, 6) is -0.454. The van der Waals surface area contributed by atoms with Crippen molar-refractivity contribution in [3.05, 3.63) is 20.3 Å². The molecule has 58 valence electrons. The summed E-state index contributed by atoms with van der Waals surface area (Å²) in [5.41, 5.74) is 0.497. The van der Waals surface area contributed by atoms with Crippen LogP contribution in [0, 0.1) is 6.92 Å². The van der Waals surface area contributed by atoms with Gasteiger partial charge in [-0.3, -0.25) is 9.59 Å². The summed E-state index contributed by atoms with van der Waals surface area (Å²) < 4.78 is 0.875. The summed E-state index contributed by atoms with van der Waals surface area (Å²) in [6.07, 6.45) is 0.335. The Kier molecular flexibility index (Phi) is 2.57. The minimum atomic E-state index is -0.454. The Morgan fingerprint density at radius 1 is 1.73 bits per heavy atom. The lowest BCUT2D eigenvalue weighted by atomic mass is 10.2. The molecule has 2 nitrogen and oxygen atoms in total. The van der Waals surface area contributed by atoms with Crippen molar-refractivity contribution >= 4 is 39.3 Å². The zero-order chi connectivity index (χ0) is 8.43. The molecule has 0 N–H and O–H groups in total. The van der Waals surface area contributed by atoms with Crippen molar-refractivity contribution in [1.29, 1.82) is 0 Å². The highest BCUT2D eigenvalue weighted by Crippen LogP contribution is 2.26. The van der Waals surface area contributed by atoms with E-state index in [1.54, 1.807) is 6.07 Å². The highest BCUT2D eigenvalue weighted by molar-refractivity contribution is 9.11. The van der Waals surface area contributed by atoms with Gasteiger partial charge in [-0.05, 0) is 28.9 Å². The summed E-state index contributed by atoms with van der Waals surface area (Å²) in [5, 5.41) is 0. The Labute approximate surface area is 76.4 Å². The van der Waals surface area contributed by atoms with Crippen molar-refractivity contribution in [2.24, 2.45) is 0 Å². The van der Waals surface area contributed by atoms with E-state index in [0.29, 0.717) is 11.8 Å². The molecule has 0 bridgehead atoms. The lowest BCUT2D eigenvalue weighted by Crippen LogP contribution is -1.98. The minimum Gasteiger partial charge on any atom is -0.294 e. The number of carbonyl (C=O) groups excluding carboxylic acids is 2. The fraction of sp³-hybridized carbons (Fsp3) is 0.143. The predicted molar refractivity (Wildman–Crippen MR) is 47.2 cm³/mol. The van der Waals surface area contributed by atoms with E-state index in [9.17, 15) is 9.59 Å². The van der Waals surface area contributed by atoms with Crippen LogP contribution >= 0.6 is 27.3 Å². The topological polar surface area (TPSA) is 34.1 Å². The van der Waals surface area contributed by atoms with E-state index in [-0.39, 0.29) is 0 Å². The SMILES string of the molecule is Cc1sc(Br)cc1C(=O)C=O. The molecule has 0 amide bonds. The van der Waals surface area contributed by atoms with Gasteiger partial charge in [0.05, 0.1) is 3.79 Å². The standard InChI is InChI=1S/C7H5BrO2S/c1-4-5(6(10)3-9)2-7(8)11-4/h2-3H,1H3. The van der Waals surface area contributed by atoms with Crippen molar-refractivity contribution in [3.63, 3.8) is 0 Å². The van der Waals surface area contributed by atoms with Gasteiger partial charge in [-0.1, -0.05) is 0 Å². The Bertz CT molecular complexity index is 303. The number of rotatable bonds is 2. The molecule has 0 atom stereocenters. The summed E-state index contributed by atoms with van der Waals surface area (Å²) in [6.45, 7) is 1.81. The van der Waals surface area contributed by atoms with Gasteiger partial charge in [0.2, 0.25) is 5.78 Å². The van der Waals surface area contributed by atoms with E-state index in [1.165, 1.54) is 11.3 Å². The lowest BCUT2D eigenvalue weighted by Gasteiger charge is -1.86. The molecule has 0 spiro atoms. The van der Waals surface area contributed by atoms with Gasteiger partial charge < -0.3 is 0 Å². The Hall–Kier alpha value is -0.480. The lowest BCUT2D eigenvalue weighted by molar-refractivity contribution is -0.104. The molecule has 1 aromatic rings. The number of thiophene rings is 1. The van der Waals surface area contributed by atoms with E-state index in [2.05, 4.69) is 15.9 Å². The van der Waals surface area contributed by atoms with Crippen LogP contribution in [0.15, 0.2) is 9.85 Å². The van der Waals surface area contributed by atoms with Crippen LogP contribution in [0.5, 0.6) is 0 Å². The molecule has 0 aliphatic rings.